The number of ether oxygens (including phenoxy) is 3. The SMILES string of the molecule is C[C@@H]1C[C@H]2[C@@H]3C[C@H](F)C4=CC(=O)C=C[C@]4(C)[C@@]3(F)CC[C@]2(C)[C@@]1(OC(=O)CCO)C(=S)O[C@H]1CCOC1=O. The Morgan fingerprint density at radius 1 is 1.24 bits per heavy atom. The molecule has 0 radical (unpaired) electrons. The lowest BCUT2D eigenvalue weighted by atomic mass is 9.45. The number of carbonyl (C=O) groups excluding carboxylic acids is 3. The average Bonchev–Trinajstić information content (AvgIpc) is 3.35. The van der Waals surface area contributed by atoms with Gasteiger partial charge in [-0.3, -0.25) is 9.59 Å². The summed E-state index contributed by atoms with van der Waals surface area (Å²) >= 11 is 5.77. The van der Waals surface area contributed by atoms with E-state index in [1.807, 2.05) is 13.8 Å². The molecule has 1 aliphatic heterocycles. The van der Waals surface area contributed by atoms with Gasteiger partial charge in [0.2, 0.25) is 5.05 Å². The van der Waals surface area contributed by atoms with Crippen LogP contribution in [0.2, 0.25) is 0 Å². The molecule has 0 bridgehead atoms. The van der Waals surface area contributed by atoms with Gasteiger partial charge in [-0.25, -0.2) is 13.6 Å². The summed E-state index contributed by atoms with van der Waals surface area (Å²) in [6.07, 6.45) is 2.23. The number of esters is 2. The van der Waals surface area contributed by atoms with Crippen molar-refractivity contribution >= 4 is 35.0 Å². The molecule has 0 unspecified atom stereocenters. The molecule has 5 aliphatic rings. The minimum Gasteiger partial charge on any atom is -0.468 e. The van der Waals surface area contributed by atoms with E-state index in [4.69, 9.17) is 26.4 Å². The third kappa shape index (κ3) is 3.58. The third-order valence-electron chi connectivity index (χ3n) is 10.2. The molecule has 9 atom stereocenters. The van der Waals surface area contributed by atoms with Crippen LogP contribution in [0.3, 0.4) is 0 Å². The van der Waals surface area contributed by atoms with E-state index in [1.54, 1.807) is 6.92 Å². The predicted octanol–water partition coefficient (Wildman–Crippen LogP) is 3.90. The number of alkyl halides is 2. The van der Waals surface area contributed by atoms with Crippen molar-refractivity contribution in [2.75, 3.05) is 13.2 Å². The molecular formula is C28H34F2O7S. The summed E-state index contributed by atoms with van der Waals surface area (Å²) in [5.41, 5.74) is -5.35. The summed E-state index contributed by atoms with van der Waals surface area (Å²) in [6.45, 7) is 5.16. The monoisotopic (exact) mass is 552 g/mol. The molecular weight excluding hydrogens is 518 g/mol. The number of ketones is 1. The van der Waals surface area contributed by atoms with Crippen LogP contribution in [0.15, 0.2) is 23.8 Å². The molecule has 0 spiro atoms. The van der Waals surface area contributed by atoms with Gasteiger partial charge in [-0.05, 0) is 68.5 Å². The zero-order valence-corrected chi connectivity index (χ0v) is 22.7. The second kappa shape index (κ2) is 9.18. The Morgan fingerprint density at radius 3 is 2.63 bits per heavy atom. The summed E-state index contributed by atoms with van der Waals surface area (Å²) in [5, 5.41) is 9.31. The van der Waals surface area contributed by atoms with Crippen molar-refractivity contribution < 1.29 is 42.5 Å². The standard InChI is InChI=1S/C28H34F2O7S/c1-15-12-17-18-14-20(29)19-13-16(32)4-7-25(19,2)27(18,30)9-8-26(17,3)28(15,37-22(33)5-10-31)24(38)36-21-6-11-35-23(21)34/h4,7,13,15,17-18,20-21,31H,5-6,8-12,14H2,1-3H3/t15-,17+,18+,20+,21+,25+,26+,27-,28+/m1/s1. The van der Waals surface area contributed by atoms with Gasteiger partial charge < -0.3 is 19.3 Å². The van der Waals surface area contributed by atoms with E-state index in [0.29, 0.717) is 12.8 Å². The topological polar surface area (TPSA) is 99.1 Å². The van der Waals surface area contributed by atoms with Crippen molar-refractivity contribution in [1.82, 2.24) is 0 Å². The van der Waals surface area contributed by atoms with E-state index in [9.17, 15) is 19.5 Å². The first-order valence-corrected chi connectivity index (χ1v) is 13.7. The number of rotatable bonds is 5. The maximum Gasteiger partial charge on any atom is 0.347 e. The van der Waals surface area contributed by atoms with Crippen molar-refractivity contribution in [2.24, 2.45) is 28.6 Å². The average molecular weight is 553 g/mol. The van der Waals surface area contributed by atoms with Gasteiger partial charge in [-0.2, -0.15) is 0 Å². The fourth-order valence-electron chi connectivity index (χ4n) is 8.22. The van der Waals surface area contributed by atoms with Gasteiger partial charge >= 0.3 is 11.9 Å². The Bertz CT molecular complexity index is 1140. The molecule has 0 aromatic heterocycles. The Morgan fingerprint density at radius 2 is 1.97 bits per heavy atom. The largest absolute Gasteiger partial charge is 0.468 e. The number of allylic oxidation sites excluding steroid dienone is 4. The number of halogens is 2. The number of aliphatic hydroxyl groups excluding tert-OH is 1. The quantitative estimate of drug-likeness (QED) is 0.405. The van der Waals surface area contributed by atoms with Gasteiger partial charge in [-0.15, -0.1) is 0 Å². The summed E-state index contributed by atoms with van der Waals surface area (Å²) in [4.78, 5) is 37.1. The highest BCUT2D eigenvalue weighted by Crippen LogP contribution is 2.71. The first-order chi connectivity index (χ1) is 17.8. The van der Waals surface area contributed by atoms with Gasteiger partial charge in [0.1, 0.15) is 11.8 Å². The predicted molar refractivity (Wildman–Crippen MR) is 135 cm³/mol. The highest BCUT2D eigenvalue weighted by molar-refractivity contribution is 7.80. The molecule has 0 aromatic rings. The lowest BCUT2D eigenvalue weighted by Crippen LogP contribution is -2.66. The van der Waals surface area contributed by atoms with Crippen LogP contribution in [0.1, 0.15) is 59.3 Å². The van der Waals surface area contributed by atoms with Crippen molar-refractivity contribution in [2.45, 2.75) is 82.8 Å². The maximum absolute atomic E-state index is 17.4. The molecule has 4 aliphatic carbocycles. The molecule has 10 heteroatoms. The van der Waals surface area contributed by atoms with E-state index in [-0.39, 0.29) is 48.7 Å². The van der Waals surface area contributed by atoms with Crippen LogP contribution in [0.25, 0.3) is 0 Å². The van der Waals surface area contributed by atoms with E-state index in [1.165, 1.54) is 18.2 Å². The molecule has 5 rings (SSSR count). The van der Waals surface area contributed by atoms with Crippen LogP contribution in [-0.2, 0) is 28.6 Å². The molecule has 3 saturated carbocycles. The molecule has 7 nitrogen and oxygen atoms in total. The fourth-order valence-corrected chi connectivity index (χ4v) is 8.82. The number of thiocarbonyl (C=S) groups is 1. The minimum atomic E-state index is -1.83. The lowest BCUT2D eigenvalue weighted by Gasteiger charge is -2.61. The van der Waals surface area contributed by atoms with E-state index in [0.717, 1.165) is 0 Å². The van der Waals surface area contributed by atoms with Crippen LogP contribution in [-0.4, -0.2) is 64.6 Å². The number of hydrogen-bond donors (Lipinski definition) is 1. The van der Waals surface area contributed by atoms with E-state index >= 15 is 8.78 Å². The highest BCUT2D eigenvalue weighted by Gasteiger charge is 2.75. The molecule has 0 amide bonds. The molecule has 4 fully saturated rings. The van der Waals surface area contributed by atoms with Crippen LogP contribution in [0, 0.1) is 28.6 Å². The van der Waals surface area contributed by atoms with E-state index in [2.05, 4.69) is 0 Å². The van der Waals surface area contributed by atoms with E-state index < -0.39 is 70.7 Å². The number of carbonyl (C=O) groups is 3. The number of fused-ring (bicyclic) bond motifs is 5. The molecule has 1 heterocycles. The number of aliphatic hydroxyl groups is 1. The third-order valence-corrected chi connectivity index (χ3v) is 10.6. The van der Waals surface area contributed by atoms with Crippen LogP contribution in [0.5, 0.6) is 0 Å². The van der Waals surface area contributed by atoms with Crippen LogP contribution in [0.4, 0.5) is 8.78 Å². The highest BCUT2D eigenvalue weighted by atomic mass is 32.1. The fraction of sp³-hybridized carbons (Fsp3) is 0.714. The Labute approximate surface area is 225 Å². The van der Waals surface area contributed by atoms with Crippen molar-refractivity contribution in [1.29, 1.82) is 0 Å². The molecule has 0 aromatic carbocycles. The van der Waals surface area contributed by atoms with Crippen molar-refractivity contribution in [3.8, 4) is 0 Å². The van der Waals surface area contributed by atoms with Gasteiger partial charge in [0, 0.05) is 29.1 Å². The van der Waals surface area contributed by atoms with Crippen LogP contribution >= 0.6 is 12.2 Å². The summed E-state index contributed by atoms with van der Waals surface area (Å²) in [6, 6.07) is 0. The zero-order chi connectivity index (χ0) is 27.7. The smallest absolute Gasteiger partial charge is 0.347 e. The Kier molecular flexibility index (Phi) is 6.61. The van der Waals surface area contributed by atoms with Crippen LogP contribution < -0.4 is 0 Å². The number of hydrogen-bond acceptors (Lipinski definition) is 8. The second-order valence-electron chi connectivity index (χ2n) is 11.9. The first-order valence-electron chi connectivity index (χ1n) is 13.3. The molecule has 38 heavy (non-hydrogen) atoms. The van der Waals surface area contributed by atoms with Gasteiger partial charge in [0.05, 0.1) is 19.6 Å². The van der Waals surface area contributed by atoms with Crippen molar-refractivity contribution in [3.63, 3.8) is 0 Å². The zero-order valence-electron chi connectivity index (χ0n) is 21.8. The molecule has 1 saturated heterocycles. The lowest BCUT2D eigenvalue weighted by molar-refractivity contribution is -0.188. The number of cyclic esters (lactones) is 1. The van der Waals surface area contributed by atoms with Gasteiger partial charge in [0.15, 0.2) is 17.5 Å². The summed E-state index contributed by atoms with van der Waals surface area (Å²) in [5.74, 6) is -3.19. The first kappa shape index (κ1) is 27.4. The normalized spacial score (nSPS) is 45.4. The second-order valence-corrected chi connectivity index (χ2v) is 12.3. The summed E-state index contributed by atoms with van der Waals surface area (Å²) in [7, 11) is 0. The molecule has 1 N–H and O–H groups in total. The minimum absolute atomic E-state index is 0.0316. The van der Waals surface area contributed by atoms with Gasteiger partial charge in [-0.1, -0.05) is 19.9 Å². The van der Waals surface area contributed by atoms with Crippen molar-refractivity contribution in [3.05, 3.63) is 23.8 Å². The maximum atomic E-state index is 17.4. The Balaban J connectivity index is 1.57. The Hall–Kier alpha value is -2.20. The molecule has 208 valence electrons. The summed E-state index contributed by atoms with van der Waals surface area (Å²) < 4.78 is 50.1. The van der Waals surface area contributed by atoms with Gasteiger partial charge in [0.25, 0.3) is 0 Å².